The lowest BCUT2D eigenvalue weighted by Crippen LogP contribution is -2.50. The number of hydrogen-bond donors (Lipinski definition) is 0. The van der Waals surface area contributed by atoms with Gasteiger partial charge < -0.3 is 4.90 Å². The van der Waals surface area contributed by atoms with Crippen molar-refractivity contribution < 1.29 is 17.6 Å². The zero-order valence-corrected chi connectivity index (χ0v) is 18.8. The second-order valence-electron chi connectivity index (χ2n) is 8.05. The maximum atomic E-state index is 13.2. The van der Waals surface area contributed by atoms with Crippen LogP contribution in [-0.4, -0.2) is 59.3 Å². The van der Waals surface area contributed by atoms with Crippen LogP contribution in [0.25, 0.3) is 5.69 Å². The highest BCUT2D eigenvalue weighted by atomic mass is 32.2. The van der Waals surface area contributed by atoms with E-state index in [1.165, 1.54) is 29.0 Å². The van der Waals surface area contributed by atoms with Crippen LogP contribution in [0.2, 0.25) is 0 Å². The molecule has 0 unspecified atom stereocenters. The van der Waals surface area contributed by atoms with E-state index in [4.69, 9.17) is 0 Å². The van der Waals surface area contributed by atoms with E-state index in [1.54, 1.807) is 33.7 Å². The van der Waals surface area contributed by atoms with Crippen LogP contribution in [0.5, 0.6) is 0 Å². The van der Waals surface area contributed by atoms with Crippen molar-refractivity contribution >= 4 is 15.9 Å². The van der Waals surface area contributed by atoms with E-state index in [0.29, 0.717) is 17.3 Å². The minimum absolute atomic E-state index is 0.213. The quantitative estimate of drug-likeness (QED) is 0.591. The predicted molar refractivity (Wildman–Crippen MR) is 119 cm³/mol. The number of halogens is 1. The zero-order chi connectivity index (χ0) is 22.9. The van der Waals surface area contributed by atoms with E-state index in [0.717, 1.165) is 5.56 Å². The number of amides is 1. The Kier molecular flexibility index (Phi) is 6.12. The van der Waals surface area contributed by atoms with Gasteiger partial charge in [-0.1, -0.05) is 26.0 Å². The molecule has 1 fully saturated rings. The largest absolute Gasteiger partial charge is 0.335 e. The van der Waals surface area contributed by atoms with Crippen molar-refractivity contribution in [3.63, 3.8) is 0 Å². The maximum Gasteiger partial charge on any atom is 0.272 e. The summed E-state index contributed by atoms with van der Waals surface area (Å²) in [4.78, 5) is 19.0. The van der Waals surface area contributed by atoms with Crippen molar-refractivity contribution in [3.8, 4) is 5.69 Å². The van der Waals surface area contributed by atoms with Crippen LogP contribution < -0.4 is 0 Å². The Morgan fingerprint density at radius 3 is 2.19 bits per heavy atom. The van der Waals surface area contributed by atoms with Crippen molar-refractivity contribution in [3.05, 3.63) is 78.1 Å². The van der Waals surface area contributed by atoms with Gasteiger partial charge in [0.25, 0.3) is 5.91 Å². The number of aromatic nitrogens is 2. The van der Waals surface area contributed by atoms with Crippen molar-refractivity contribution in [2.24, 2.45) is 0 Å². The highest BCUT2D eigenvalue weighted by Crippen LogP contribution is 2.22. The number of nitrogens with zero attached hydrogens (tertiary/aromatic N) is 4. The molecule has 9 heteroatoms. The Balaban J connectivity index is 1.45. The molecule has 0 bridgehead atoms. The number of carbonyl (C=O) groups is 1. The second kappa shape index (κ2) is 8.84. The zero-order valence-electron chi connectivity index (χ0n) is 18.0. The van der Waals surface area contributed by atoms with Crippen LogP contribution in [0.1, 0.15) is 35.8 Å². The summed E-state index contributed by atoms with van der Waals surface area (Å²) in [5, 5.41) is 0. The average molecular weight is 457 g/mol. The summed E-state index contributed by atoms with van der Waals surface area (Å²) in [6.45, 7) is 5.09. The fraction of sp³-hybridized carbons (Fsp3) is 0.304. The summed E-state index contributed by atoms with van der Waals surface area (Å²) in [5.41, 5.74) is 2.05. The highest BCUT2D eigenvalue weighted by molar-refractivity contribution is 7.89. The van der Waals surface area contributed by atoms with Crippen LogP contribution in [0.15, 0.2) is 66.0 Å². The third-order valence-electron chi connectivity index (χ3n) is 5.67. The number of piperazine rings is 1. The van der Waals surface area contributed by atoms with E-state index in [-0.39, 0.29) is 42.8 Å². The van der Waals surface area contributed by atoms with Gasteiger partial charge in [-0.3, -0.25) is 9.36 Å². The van der Waals surface area contributed by atoms with Crippen molar-refractivity contribution in [1.82, 2.24) is 18.8 Å². The molecule has 1 aliphatic rings. The molecule has 0 spiro atoms. The molecule has 0 saturated carbocycles. The minimum Gasteiger partial charge on any atom is -0.335 e. The summed E-state index contributed by atoms with van der Waals surface area (Å²) in [6, 6.07) is 12.8. The van der Waals surface area contributed by atoms with Gasteiger partial charge in [-0.05, 0) is 47.9 Å². The van der Waals surface area contributed by atoms with Crippen LogP contribution in [0, 0.1) is 5.82 Å². The third-order valence-corrected chi connectivity index (χ3v) is 7.59. The average Bonchev–Trinajstić information content (AvgIpc) is 3.29. The normalized spacial score (nSPS) is 15.3. The number of hydrogen-bond acceptors (Lipinski definition) is 4. The van der Waals surface area contributed by atoms with Gasteiger partial charge in [-0.25, -0.2) is 17.8 Å². The van der Waals surface area contributed by atoms with Gasteiger partial charge in [-0.2, -0.15) is 4.31 Å². The summed E-state index contributed by atoms with van der Waals surface area (Å²) in [6.07, 6.45) is 2.97. The van der Waals surface area contributed by atoms with Gasteiger partial charge in [0, 0.05) is 31.9 Å². The maximum absolute atomic E-state index is 13.2. The lowest BCUT2D eigenvalue weighted by molar-refractivity contribution is 0.0690. The number of rotatable bonds is 5. The SMILES string of the molecule is CC(C)c1ccc(S(=O)(=O)N2CCN(C(=O)c3cncn3-c3ccc(F)cc3)CC2)cc1. The Labute approximate surface area is 187 Å². The van der Waals surface area contributed by atoms with Crippen molar-refractivity contribution in [1.29, 1.82) is 0 Å². The Morgan fingerprint density at radius 2 is 1.59 bits per heavy atom. The van der Waals surface area contributed by atoms with E-state index in [1.807, 2.05) is 12.1 Å². The molecule has 1 saturated heterocycles. The van der Waals surface area contributed by atoms with Crippen molar-refractivity contribution in [2.45, 2.75) is 24.7 Å². The Morgan fingerprint density at radius 1 is 0.969 bits per heavy atom. The monoisotopic (exact) mass is 456 g/mol. The fourth-order valence-corrected chi connectivity index (χ4v) is 5.15. The molecule has 2 heterocycles. The molecule has 1 amide bonds. The van der Waals surface area contributed by atoms with E-state index in [2.05, 4.69) is 18.8 Å². The van der Waals surface area contributed by atoms with Gasteiger partial charge in [0.05, 0.1) is 17.4 Å². The molecule has 2 aromatic carbocycles. The summed E-state index contributed by atoms with van der Waals surface area (Å²) < 4.78 is 42.3. The molecule has 32 heavy (non-hydrogen) atoms. The standard InChI is InChI=1S/C23H25FN4O3S/c1-17(2)18-3-9-21(10-4-18)32(30,31)27-13-11-26(12-14-27)23(29)22-15-25-16-28(22)20-7-5-19(24)6-8-20/h3-10,15-17H,11-14H2,1-2H3. The first-order chi connectivity index (χ1) is 15.3. The van der Waals surface area contributed by atoms with Crippen LogP contribution >= 0.6 is 0 Å². The Hall–Kier alpha value is -3.04. The molecule has 0 aliphatic carbocycles. The molecular weight excluding hydrogens is 431 g/mol. The van der Waals surface area contributed by atoms with Gasteiger partial charge in [0.2, 0.25) is 10.0 Å². The number of imidazole rings is 1. The van der Waals surface area contributed by atoms with E-state index in [9.17, 15) is 17.6 Å². The molecule has 1 aliphatic heterocycles. The Bertz CT molecular complexity index is 1200. The second-order valence-corrected chi connectivity index (χ2v) is 9.98. The first-order valence-electron chi connectivity index (χ1n) is 10.4. The van der Waals surface area contributed by atoms with Gasteiger partial charge in [0.15, 0.2) is 0 Å². The van der Waals surface area contributed by atoms with Gasteiger partial charge >= 0.3 is 0 Å². The van der Waals surface area contributed by atoms with E-state index >= 15 is 0 Å². The van der Waals surface area contributed by atoms with Crippen molar-refractivity contribution in [2.75, 3.05) is 26.2 Å². The number of sulfonamides is 1. The molecule has 0 atom stereocenters. The minimum atomic E-state index is -3.62. The molecule has 4 rings (SSSR count). The molecule has 1 aromatic heterocycles. The lowest BCUT2D eigenvalue weighted by Gasteiger charge is -2.34. The van der Waals surface area contributed by atoms with Crippen LogP contribution in [0.4, 0.5) is 4.39 Å². The summed E-state index contributed by atoms with van der Waals surface area (Å²) >= 11 is 0. The molecule has 7 nitrogen and oxygen atoms in total. The van der Waals surface area contributed by atoms with Gasteiger partial charge in [-0.15, -0.1) is 0 Å². The van der Waals surface area contributed by atoms with Gasteiger partial charge in [0.1, 0.15) is 11.5 Å². The summed E-state index contributed by atoms with van der Waals surface area (Å²) in [7, 11) is -3.62. The fourth-order valence-electron chi connectivity index (χ4n) is 3.73. The molecule has 168 valence electrons. The number of benzene rings is 2. The van der Waals surface area contributed by atoms with Crippen LogP contribution in [-0.2, 0) is 10.0 Å². The molecule has 3 aromatic rings. The molecular formula is C23H25FN4O3S. The predicted octanol–water partition coefficient (Wildman–Crippen LogP) is 3.28. The third kappa shape index (κ3) is 4.31. The summed E-state index contributed by atoms with van der Waals surface area (Å²) in [5.74, 6) is -0.285. The molecule has 0 N–H and O–H groups in total. The number of carbonyl (C=O) groups excluding carboxylic acids is 1. The molecule has 0 radical (unpaired) electrons. The topological polar surface area (TPSA) is 75.5 Å². The highest BCUT2D eigenvalue weighted by Gasteiger charge is 2.31. The first-order valence-corrected chi connectivity index (χ1v) is 11.9. The van der Waals surface area contributed by atoms with Crippen LogP contribution in [0.3, 0.4) is 0 Å². The smallest absolute Gasteiger partial charge is 0.272 e. The first kappa shape index (κ1) is 22.2. The van der Waals surface area contributed by atoms with E-state index < -0.39 is 10.0 Å². The lowest BCUT2D eigenvalue weighted by atomic mass is 10.0.